The number of hydrogen-bond acceptors (Lipinski definition) is 10. The molecule has 0 saturated heterocycles. The Kier molecular flexibility index (Phi) is 18.9. The van der Waals surface area contributed by atoms with Gasteiger partial charge in [-0.25, -0.2) is 19.2 Å². The summed E-state index contributed by atoms with van der Waals surface area (Å²) in [7, 11) is 0. The number of esters is 2. The molecule has 0 unspecified atom stereocenters. The third-order valence-electron chi connectivity index (χ3n) is 7.12. The van der Waals surface area contributed by atoms with E-state index in [9.17, 15) is 19.2 Å². The SMILES string of the molecule is CCCCCCCOC(=O)[C@H](C)OCc1c(C)c(N=C=O)c(N=C=O)c(C)c1CO[C@@H](C)C(=O)OCCCCCCC. The van der Waals surface area contributed by atoms with E-state index in [2.05, 4.69) is 23.8 Å². The van der Waals surface area contributed by atoms with Gasteiger partial charge in [-0.15, -0.1) is 0 Å². The fourth-order valence-electron chi connectivity index (χ4n) is 4.39. The van der Waals surface area contributed by atoms with Gasteiger partial charge in [-0.05, 0) is 62.8 Å². The molecule has 0 N–H and O–H groups in total. The van der Waals surface area contributed by atoms with Crippen LogP contribution in [0.1, 0.15) is 114 Å². The standard InChI is InChI=1S/C32H48N2O8/c1-7-9-11-13-15-17-39-31(37)25(5)41-19-27-23(3)29(33-21-35)30(34-22-36)24(4)28(27)20-42-26(6)32(38)40-18-16-14-12-10-8-2/h25-26H,7-20H2,1-6H3/t25-,26-/m0/s1. The molecular formula is C32H48N2O8. The maximum absolute atomic E-state index is 12.5. The number of aliphatic imine (C=N–C) groups is 2. The zero-order valence-corrected chi connectivity index (χ0v) is 26.2. The van der Waals surface area contributed by atoms with Gasteiger partial charge in [0.05, 0.1) is 26.4 Å². The summed E-state index contributed by atoms with van der Waals surface area (Å²) in [6.07, 6.45) is 11.7. The number of unbranched alkanes of at least 4 members (excludes halogenated alkanes) is 8. The minimum Gasteiger partial charge on any atom is -0.464 e. The van der Waals surface area contributed by atoms with Crippen molar-refractivity contribution >= 4 is 35.5 Å². The smallest absolute Gasteiger partial charge is 0.334 e. The van der Waals surface area contributed by atoms with Gasteiger partial charge in [0, 0.05) is 0 Å². The lowest BCUT2D eigenvalue weighted by Gasteiger charge is -2.22. The fraction of sp³-hybridized carbons (Fsp3) is 0.688. The van der Waals surface area contributed by atoms with Crippen LogP contribution in [0, 0.1) is 13.8 Å². The molecule has 0 aromatic heterocycles. The van der Waals surface area contributed by atoms with Crippen molar-refractivity contribution in [3.05, 3.63) is 22.3 Å². The molecule has 0 aliphatic carbocycles. The molecule has 0 saturated carbocycles. The van der Waals surface area contributed by atoms with Gasteiger partial charge < -0.3 is 18.9 Å². The quantitative estimate of drug-likeness (QED) is 0.0608. The van der Waals surface area contributed by atoms with Crippen molar-refractivity contribution in [3.63, 3.8) is 0 Å². The average Bonchev–Trinajstić information content (AvgIpc) is 2.98. The number of ether oxygens (including phenoxy) is 4. The molecule has 2 atom stereocenters. The predicted octanol–water partition coefficient (Wildman–Crippen LogP) is 7.08. The van der Waals surface area contributed by atoms with Crippen LogP contribution in [-0.2, 0) is 51.3 Å². The number of benzene rings is 1. The van der Waals surface area contributed by atoms with Crippen molar-refractivity contribution in [2.24, 2.45) is 9.98 Å². The van der Waals surface area contributed by atoms with Crippen LogP contribution >= 0.6 is 0 Å². The Morgan fingerprint density at radius 1 is 0.643 bits per heavy atom. The summed E-state index contributed by atoms with van der Waals surface area (Å²) >= 11 is 0. The highest BCUT2D eigenvalue weighted by molar-refractivity contribution is 5.78. The Morgan fingerprint density at radius 2 is 1.00 bits per heavy atom. The first kappa shape index (κ1) is 36.9. The molecule has 0 heterocycles. The molecule has 1 aromatic carbocycles. The number of isocyanates is 2. The van der Waals surface area contributed by atoms with Gasteiger partial charge in [0.25, 0.3) is 0 Å². The van der Waals surface area contributed by atoms with Crippen LogP contribution in [0.5, 0.6) is 0 Å². The Balaban J connectivity index is 3.03. The van der Waals surface area contributed by atoms with E-state index in [-0.39, 0.29) is 24.6 Å². The van der Waals surface area contributed by atoms with Crippen LogP contribution in [0.3, 0.4) is 0 Å². The summed E-state index contributed by atoms with van der Waals surface area (Å²) in [6.45, 7) is 11.5. The molecule has 0 fully saturated rings. The fourth-order valence-corrected chi connectivity index (χ4v) is 4.39. The summed E-state index contributed by atoms with van der Waals surface area (Å²) in [5.41, 5.74) is 2.45. The highest BCUT2D eigenvalue weighted by Gasteiger charge is 2.24. The highest BCUT2D eigenvalue weighted by atomic mass is 16.6. The Labute approximate surface area is 250 Å². The van der Waals surface area contributed by atoms with E-state index in [4.69, 9.17) is 18.9 Å². The van der Waals surface area contributed by atoms with Crippen LogP contribution in [0.2, 0.25) is 0 Å². The topological polar surface area (TPSA) is 130 Å². The molecule has 42 heavy (non-hydrogen) atoms. The van der Waals surface area contributed by atoms with Gasteiger partial charge in [-0.2, -0.15) is 9.98 Å². The van der Waals surface area contributed by atoms with Crippen molar-refractivity contribution in [3.8, 4) is 0 Å². The second kappa shape index (κ2) is 21.5. The maximum Gasteiger partial charge on any atom is 0.334 e. The lowest BCUT2D eigenvalue weighted by atomic mass is 9.94. The van der Waals surface area contributed by atoms with Crippen LogP contribution in [0.25, 0.3) is 0 Å². The second-order valence-corrected chi connectivity index (χ2v) is 10.4. The van der Waals surface area contributed by atoms with Gasteiger partial charge in [0.15, 0.2) is 12.2 Å². The second-order valence-electron chi connectivity index (χ2n) is 10.4. The zero-order chi connectivity index (χ0) is 31.3. The van der Waals surface area contributed by atoms with E-state index >= 15 is 0 Å². The summed E-state index contributed by atoms with van der Waals surface area (Å²) in [5.74, 6) is -0.950. The van der Waals surface area contributed by atoms with Gasteiger partial charge >= 0.3 is 11.9 Å². The first-order chi connectivity index (χ1) is 20.2. The molecule has 234 valence electrons. The molecule has 0 aliphatic rings. The van der Waals surface area contributed by atoms with Gasteiger partial charge in [0.1, 0.15) is 11.4 Å². The van der Waals surface area contributed by atoms with E-state index in [0.29, 0.717) is 35.5 Å². The number of carbonyl (C=O) groups excluding carboxylic acids is 4. The molecule has 10 nitrogen and oxygen atoms in total. The van der Waals surface area contributed by atoms with Crippen molar-refractivity contribution in [2.45, 2.75) is 131 Å². The van der Waals surface area contributed by atoms with Crippen LogP contribution < -0.4 is 0 Å². The average molecular weight is 589 g/mol. The van der Waals surface area contributed by atoms with E-state index in [1.807, 2.05) is 0 Å². The molecule has 0 spiro atoms. The molecule has 1 rings (SSSR count). The van der Waals surface area contributed by atoms with Crippen LogP contribution in [-0.4, -0.2) is 49.5 Å². The van der Waals surface area contributed by atoms with Crippen molar-refractivity contribution in [2.75, 3.05) is 13.2 Å². The normalized spacial score (nSPS) is 12.1. The molecule has 1 aromatic rings. The summed E-state index contributed by atoms with van der Waals surface area (Å²) in [5, 5.41) is 0. The molecular weight excluding hydrogens is 540 g/mol. The Hall–Kier alpha value is -3.16. The Morgan fingerprint density at radius 3 is 1.33 bits per heavy atom. The van der Waals surface area contributed by atoms with Crippen molar-refractivity contribution < 1.29 is 38.1 Å². The summed E-state index contributed by atoms with van der Waals surface area (Å²) in [6, 6.07) is 0. The van der Waals surface area contributed by atoms with Gasteiger partial charge in [-0.3, -0.25) is 0 Å². The van der Waals surface area contributed by atoms with E-state index in [0.717, 1.165) is 64.2 Å². The van der Waals surface area contributed by atoms with Crippen molar-refractivity contribution in [1.29, 1.82) is 0 Å². The molecule has 10 heteroatoms. The predicted molar refractivity (Wildman–Crippen MR) is 159 cm³/mol. The van der Waals surface area contributed by atoms with E-state index < -0.39 is 24.1 Å². The lowest BCUT2D eigenvalue weighted by molar-refractivity contribution is -0.158. The highest BCUT2D eigenvalue weighted by Crippen LogP contribution is 2.40. The van der Waals surface area contributed by atoms with E-state index in [1.165, 1.54) is 12.2 Å². The third-order valence-corrected chi connectivity index (χ3v) is 7.12. The third kappa shape index (κ3) is 12.8. The van der Waals surface area contributed by atoms with Gasteiger partial charge in [-0.1, -0.05) is 65.2 Å². The Bertz CT molecular complexity index is 1010. The molecule has 0 radical (unpaired) electrons. The van der Waals surface area contributed by atoms with Gasteiger partial charge in [0.2, 0.25) is 12.2 Å². The monoisotopic (exact) mass is 588 g/mol. The number of hydrogen-bond donors (Lipinski definition) is 0. The molecule has 0 amide bonds. The molecule has 0 aliphatic heterocycles. The minimum atomic E-state index is -0.856. The largest absolute Gasteiger partial charge is 0.464 e. The maximum atomic E-state index is 12.5. The number of nitrogens with zero attached hydrogens (tertiary/aromatic N) is 2. The molecule has 0 bridgehead atoms. The summed E-state index contributed by atoms with van der Waals surface area (Å²) < 4.78 is 22.5. The van der Waals surface area contributed by atoms with Crippen LogP contribution in [0.4, 0.5) is 11.4 Å². The number of rotatable bonds is 22. The van der Waals surface area contributed by atoms with Crippen LogP contribution in [0.15, 0.2) is 9.98 Å². The first-order valence-corrected chi connectivity index (χ1v) is 15.1. The lowest BCUT2D eigenvalue weighted by Crippen LogP contribution is -2.25. The minimum absolute atomic E-state index is 0.0405. The zero-order valence-electron chi connectivity index (χ0n) is 26.2. The van der Waals surface area contributed by atoms with E-state index in [1.54, 1.807) is 27.7 Å². The first-order valence-electron chi connectivity index (χ1n) is 15.1. The number of carbonyl (C=O) groups is 2. The summed E-state index contributed by atoms with van der Waals surface area (Å²) in [4.78, 5) is 54.9. The van der Waals surface area contributed by atoms with Crippen molar-refractivity contribution in [1.82, 2.24) is 0 Å².